The van der Waals surface area contributed by atoms with Gasteiger partial charge in [0.05, 0.1) is 5.69 Å². The van der Waals surface area contributed by atoms with Gasteiger partial charge in [0.15, 0.2) is 0 Å². The summed E-state index contributed by atoms with van der Waals surface area (Å²) in [6.45, 7) is 6.57. The number of aryl methyl sites for hydroxylation is 1. The molecule has 0 bridgehead atoms. The summed E-state index contributed by atoms with van der Waals surface area (Å²) in [6, 6.07) is 29.5. The van der Waals surface area contributed by atoms with Crippen LogP contribution in [0.3, 0.4) is 0 Å². The number of aromatic nitrogens is 1. The number of furan rings is 1. The van der Waals surface area contributed by atoms with Crippen molar-refractivity contribution in [3.8, 4) is 33.7 Å². The molecule has 3 aromatic carbocycles. The minimum absolute atomic E-state index is 0.453. The lowest BCUT2D eigenvalue weighted by Crippen LogP contribution is -1.91. The van der Waals surface area contributed by atoms with E-state index in [0.29, 0.717) is 5.92 Å². The lowest BCUT2D eigenvalue weighted by molar-refractivity contribution is 0.629. The Labute approximate surface area is 183 Å². The average Bonchev–Trinajstić information content (AvgIpc) is 3.16. The molecule has 0 N–H and O–H groups in total. The second-order valence-corrected chi connectivity index (χ2v) is 8.31. The molecule has 0 saturated carbocycles. The van der Waals surface area contributed by atoms with E-state index < -0.39 is 0 Å². The van der Waals surface area contributed by atoms with E-state index in [0.717, 1.165) is 39.1 Å². The maximum Gasteiger partial charge on any atom is 0.138 e. The van der Waals surface area contributed by atoms with Crippen LogP contribution in [0.15, 0.2) is 95.5 Å². The lowest BCUT2D eigenvalue weighted by Gasteiger charge is -2.10. The number of hydrogen-bond acceptors (Lipinski definition) is 2. The number of fused-ring (bicyclic) bond motifs is 1. The number of nitrogens with zero attached hydrogens (tertiary/aromatic N) is 1. The molecule has 0 radical (unpaired) electrons. The van der Waals surface area contributed by atoms with Crippen molar-refractivity contribution in [2.24, 2.45) is 0 Å². The molecule has 31 heavy (non-hydrogen) atoms. The monoisotopic (exact) mass is 403 g/mol. The summed E-state index contributed by atoms with van der Waals surface area (Å²) in [5, 5.41) is 1.16. The van der Waals surface area contributed by atoms with Crippen molar-refractivity contribution in [1.29, 1.82) is 0 Å². The summed E-state index contributed by atoms with van der Waals surface area (Å²) in [5.74, 6) is 1.38. The van der Waals surface area contributed by atoms with Crippen molar-refractivity contribution in [2.45, 2.75) is 26.7 Å². The standard InChI is InChI=1S/C29H25NO/c1-19(2)23-14-15-30-26(17-23)24-16-25(21-10-6-4-7-11-21)28-20(3)29(31-27(28)18-24)22-12-8-5-9-13-22/h4-19H,1-3H3. The molecule has 5 rings (SSSR count). The lowest BCUT2D eigenvalue weighted by atomic mass is 9.94. The van der Waals surface area contributed by atoms with Gasteiger partial charge in [-0.2, -0.15) is 0 Å². The predicted molar refractivity (Wildman–Crippen MR) is 129 cm³/mol. The molecule has 2 heterocycles. The Morgan fingerprint density at radius 2 is 1.42 bits per heavy atom. The van der Waals surface area contributed by atoms with Crippen LogP contribution in [0.2, 0.25) is 0 Å². The van der Waals surface area contributed by atoms with E-state index >= 15 is 0 Å². The van der Waals surface area contributed by atoms with Gasteiger partial charge in [0, 0.05) is 28.3 Å². The molecule has 5 aromatic rings. The van der Waals surface area contributed by atoms with Crippen LogP contribution in [-0.2, 0) is 0 Å². The van der Waals surface area contributed by atoms with Crippen LogP contribution in [0, 0.1) is 6.92 Å². The molecule has 2 aromatic heterocycles. The number of hydrogen-bond donors (Lipinski definition) is 0. The molecule has 0 aliphatic carbocycles. The van der Waals surface area contributed by atoms with E-state index in [-0.39, 0.29) is 0 Å². The highest BCUT2D eigenvalue weighted by atomic mass is 16.3. The first kappa shape index (κ1) is 19.3. The highest BCUT2D eigenvalue weighted by Gasteiger charge is 2.18. The quantitative estimate of drug-likeness (QED) is 0.302. The van der Waals surface area contributed by atoms with Crippen molar-refractivity contribution in [1.82, 2.24) is 4.98 Å². The van der Waals surface area contributed by atoms with E-state index in [1.165, 1.54) is 16.7 Å². The van der Waals surface area contributed by atoms with Gasteiger partial charge in [-0.1, -0.05) is 74.5 Å². The maximum absolute atomic E-state index is 6.46. The van der Waals surface area contributed by atoms with Gasteiger partial charge in [-0.3, -0.25) is 4.98 Å². The molecular formula is C29H25NO. The molecule has 0 spiro atoms. The predicted octanol–water partition coefficient (Wildman–Crippen LogP) is 8.26. The third-order valence-electron chi connectivity index (χ3n) is 5.90. The first-order chi connectivity index (χ1) is 15.1. The summed E-state index contributed by atoms with van der Waals surface area (Å²) < 4.78 is 6.46. The Kier molecular flexibility index (Phi) is 4.91. The Hall–Kier alpha value is -3.65. The summed E-state index contributed by atoms with van der Waals surface area (Å²) in [4.78, 5) is 4.68. The SMILES string of the molecule is Cc1c(-c2ccccc2)oc2cc(-c3cc(C(C)C)ccn3)cc(-c3ccccc3)c12. The third-order valence-corrected chi connectivity index (χ3v) is 5.90. The Morgan fingerprint density at radius 3 is 2.10 bits per heavy atom. The molecular weight excluding hydrogens is 378 g/mol. The largest absolute Gasteiger partial charge is 0.456 e. The van der Waals surface area contributed by atoms with E-state index in [1.807, 2.05) is 24.4 Å². The molecule has 0 aliphatic rings. The molecule has 152 valence electrons. The third kappa shape index (κ3) is 3.55. The minimum atomic E-state index is 0.453. The van der Waals surface area contributed by atoms with Crippen LogP contribution >= 0.6 is 0 Å². The zero-order valence-electron chi connectivity index (χ0n) is 18.1. The van der Waals surface area contributed by atoms with Crippen molar-refractivity contribution < 1.29 is 4.42 Å². The van der Waals surface area contributed by atoms with E-state index in [9.17, 15) is 0 Å². The fourth-order valence-corrected chi connectivity index (χ4v) is 4.20. The zero-order valence-corrected chi connectivity index (χ0v) is 18.1. The first-order valence-electron chi connectivity index (χ1n) is 10.8. The van der Waals surface area contributed by atoms with Crippen LogP contribution in [0.4, 0.5) is 0 Å². The minimum Gasteiger partial charge on any atom is -0.456 e. The summed E-state index contributed by atoms with van der Waals surface area (Å²) >= 11 is 0. The zero-order chi connectivity index (χ0) is 21.4. The van der Waals surface area contributed by atoms with Gasteiger partial charge in [-0.05, 0) is 53.8 Å². The van der Waals surface area contributed by atoms with Crippen LogP contribution in [-0.4, -0.2) is 4.98 Å². The number of rotatable bonds is 4. The molecule has 2 nitrogen and oxygen atoms in total. The Morgan fingerprint density at radius 1 is 0.742 bits per heavy atom. The average molecular weight is 404 g/mol. The van der Waals surface area contributed by atoms with Crippen molar-refractivity contribution in [3.63, 3.8) is 0 Å². The van der Waals surface area contributed by atoms with Gasteiger partial charge < -0.3 is 4.42 Å². The van der Waals surface area contributed by atoms with Crippen LogP contribution in [0.5, 0.6) is 0 Å². The van der Waals surface area contributed by atoms with Crippen LogP contribution in [0.25, 0.3) is 44.7 Å². The summed E-state index contributed by atoms with van der Waals surface area (Å²) in [7, 11) is 0. The first-order valence-corrected chi connectivity index (χ1v) is 10.8. The fraction of sp³-hybridized carbons (Fsp3) is 0.138. The normalized spacial score (nSPS) is 11.4. The topological polar surface area (TPSA) is 26.0 Å². The van der Waals surface area contributed by atoms with Crippen molar-refractivity contribution in [2.75, 3.05) is 0 Å². The summed E-state index contributed by atoms with van der Waals surface area (Å²) in [6.07, 6.45) is 1.90. The van der Waals surface area contributed by atoms with Crippen LogP contribution in [0.1, 0.15) is 30.9 Å². The van der Waals surface area contributed by atoms with E-state index in [1.54, 1.807) is 0 Å². The second kappa shape index (κ2) is 7.88. The van der Waals surface area contributed by atoms with E-state index in [2.05, 4.69) is 92.5 Å². The van der Waals surface area contributed by atoms with Gasteiger partial charge in [0.1, 0.15) is 11.3 Å². The smallest absolute Gasteiger partial charge is 0.138 e. The number of pyridine rings is 1. The highest BCUT2D eigenvalue weighted by molar-refractivity contribution is 6.02. The second-order valence-electron chi connectivity index (χ2n) is 8.31. The Balaban J connectivity index is 1.79. The van der Waals surface area contributed by atoms with E-state index in [4.69, 9.17) is 4.42 Å². The Bertz CT molecular complexity index is 1350. The molecule has 2 heteroatoms. The molecule has 0 amide bonds. The molecule has 0 fully saturated rings. The van der Waals surface area contributed by atoms with Gasteiger partial charge >= 0.3 is 0 Å². The fourth-order valence-electron chi connectivity index (χ4n) is 4.20. The molecule has 0 aliphatic heterocycles. The van der Waals surface area contributed by atoms with Gasteiger partial charge in [-0.25, -0.2) is 0 Å². The molecule has 0 unspecified atom stereocenters. The molecule has 0 atom stereocenters. The maximum atomic E-state index is 6.46. The van der Waals surface area contributed by atoms with Gasteiger partial charge in [0.25, 0.3) is 0 Å². The molecule has 0 saturated heterocycles. The highest BCUT2D eigenvalue weighted by Crippen LogP contribution is 2.41. The van der Waals surface area contributed by atoms with Crippen molar-refractivity contribution >= 4 is 11.0 Å². The summed E-state index contributed by atoms with van der Waals surface area (Å²) in [5.41, 5.74) is 8.83. The number of benzene rings is 3. The van der Waals surface area contributed by atoms with Gasteiger partial charge in [0.2, 0.25) is 0 Å². The van der Waals surface area contributed by atoms with Crippen molar-refractivity contribution in [3.05, 3.63) is 102 Å². The van der Waals surface area contributed by atoms with Crippen LogP contribution < -0.4 is 0 Å². The van der Waals surface area contributed by atoms with Gasteiger partial charge in [-0.15, -0.1) is 0 Å².